The van der Waals surface area contributed by atoms with Crippen molar-refractivity contribution in [1.82, 2.24) is 4.98 Å². The van der Waals surface area contributed by atoms with Crippen LogP contribution in [0.25, 0.3) is 0 Å². The molecule has 0 saturated carbocycles. The van der Waals surface area contributed by atoms with Crippen LogP contribution >= 0.6 is 15.9 Å². The summed E-state index contributed by atoms with van der Waals surface area (Å²) in [5, 5.41) is 0. The number of hydrogen-bond donors (Lipinski definition) is 0. The van der Waals surface area contributed by atoms with Crippen LogP contribution in [-0.2, 0) is 0 Å². The number of hydrogen-bond acceptors (Lipinski definition) is 2. The molecule has 0 aliphatic rings. The lowest BCUT2D eigenvalue weighted by Gasteiger charge is -2.03. The van der Waals surface area contributed by atoms with E-state index in [2.05, 4.69) is 20.9 Å². The number of pyridine rings is 1. The average molecular weight is 276 g/mol. The summed E-state index contributed by atoms with van der Waals surface area (Å²) in [6.07, 6.45) is 3.24. The molecule has 0 fully saturated rings. The predicted octanol–water partition coefficient (Wildman–Crippen LogP) is 3.38. The van der Waals surface area contributed by atoms with E-state index < -0.39 is 0 Å². The summed E-state index contributed by atoms with van der Waals surface area (Å²) in [6, 6.07) is 9.11. The van der Waals surface area contributed by atoms with Crippen LogP contribution < -0.4 is 0 Å². The quantitative estimate of drug-likeness (QED) is 0.787. The molecule has 0 aliphatic carbocycles. The molecule has 0 N–H and O–H groups in total. The summed E-state index contributed by atoms with van der Waals surface area (Å²) in [6.45, 7) is 1.96. The van der Waals surface area contributed by atoms with E-state index in [1.54, 1.807) is 24.5 Å². The predicted molar refractivity (Wildman–Crippen MR) is 66.5 cm³/mol. The van der Waals surface area contributed by atoms with Crippen molar-refractivity contribution in [3.05, 3.63) is 63.9 Å². The van der Waals surface area contributed by atoms with Crippen molar-refractivity contribution in [3.63, 3.8) is 0 Å². The first-order chi connectivity index (χ1) is 7.68. The molecule has 0 bridgehead atoms. The number of rotatable bonds is 2. The second-order valence-corrected chi connectivity index (χ2v) is 4.39. The van der Waals surface area contributed by atoms with E-state index in [4.69, 9.17) is 0 Å². The van der Waals surface area contributed by atoms with E-state index in [9.17, 15) is 4.79 Å². The molecule has 0 radical (unpaired) electrons. The molecule has 0 unspecified atom stereocenters. The van der Waals surface area contributed by atoms with Gasteiger partial charge < -0.3 is 0 Å². The first kappa shape index (κ1) is 11.0. The molecule has 0 saturated heterocycles. The molecule has 1 aromatic carbocycles. The van der Waals surface area contributed by atoms with Gasteiger partial charge in [-0.1, -0.05) is 15.9 Å². The van der Waals surface area contributed by atoms with Crippen molar-refractivity contribution in [2.75, 3.05) is 0 Å². The molecule has 1 heterocycles. The Morgan fingerprint density at radius 3 is 2.69 bits per heavy atom. The molecule has 0 aliphatic heterocycles. The van der Waals surface area contributed by atoms with Gasteiger partial charge in [0, 0.05) is 28.0 Å². The molecule has 0 spiro atoms. The highest BCUT2D eigenvalue weighted by atomic mass is 79.9. The molecule has 2 aromatic rings. The van der Waals surface area contributed by atoms with Crippen LogP contribution in [0, 0.1) is 6.92 Å². The van der Waals surface area contributed by atoms with E-state index in [-0.39, 0.29) is 5.78 Å². The van der Waals surface area contributed by atoms with E-state index in [1.165, 1.54) is 0 Å². The highest BCUT2D eigenvalue weighted by molar-refractivity contribution is 9.10. The summed E-state index contributed by atoms with van der Waals surface area (Å²) in [5.41, 5.74) is 2.35. The van der Waals surface area contributed by atoms with Crippen LogP contribution in [-0.4, -0.2) is 10.8 Å². The Morgan fingerprint density at radius 2 is 2.06 bits per heavy atom. The fourth-order valence-electron chi connectivity index (χ4n) is 1.45. The fourth-order valence-corrected chi connectivity index (χ4v) is 1.70. The van der Waals surface area contributed by atoms with Crippen LogP contribution in [0.1, 0.15) is 21.5 Å². The second-order valence-electron chi connectivity index (χ2n) is 3.53. The number of carbonyl (C=O) groups excluding carboxylic acids is 1. The minimum Gasteiger partial charge on any atom is -0.289 e. The molecule has 80 valence electrons. The zero-order chi connectivity index (χ0) is 11.5. The van der Waals surface area contributed by atoms with Gasteiger partial charge >= 0.3 is 0 Å². The SMILES string of the molecule is Cc1cc(C(=O)c2cccnc2)ccc1Br. The third kappa shape index (κ3) is 2.19. The van der Waals surface area contributed by atoms with E-state index in [0.717, 1.165) is 10.0 Å². The van der Waals surface area contributed by atoms with Gasteiger partial charge in [-0.25, -0.2) is 0 Å². The van der Waals surface area contributed by atoms with Gasteiger partial charge in [-0.3, -0.25) is 9.78 Å². The lowest BCUT2D eigenvalue weighted by atomic mass is 10.0. The van der Waals surface area contributed by atoms with Gasteiger partial charge in [-0.15, -0.1) is 0 Å². The van der Waals surface area contributed by atoms with Crippen LogP contribution in [0.4, 0.5) is 0 Å². The maximum Gasteiger partial charge on any atom is 0.194 e. The number of halogens is 1. The number of carbonyl (C=O) groups is 1. The Kier molecular flexibility index (Phi) is 3.15. The van der Waals surface area contributed by atoms with Crippen molar-refractivity contribution in [2.45, 2.75) is 6.92 Å². The lowest BCUT2D eigenvalue weighted by Crippen LogP contribution is -2.01. The fraction of sp³-hybridized carbons (Fsp3) is 0.0769. The van der Waals surface area contributed by atoms with Gasteiger partial charge in [0.05, 0.1) is 0 Å². The highest BCUT2D eigenvalue weighted by Gasteiger charge is 2.09. The van der Waals surface area contributed by atoms with Gasteiger partial charge in [0.25, 0.3) is 0 Å². The number of benzene rings is 1. The molecule has 2 nitrogen and oxygen atoms in total. The average Bonchev–Trinajstić information content (AvgIpc) is 2.33. The smallest absolute Gasteiger partial charge is 0.194 e. The molecule has 3 heteroatoms. The monoisotopic (exact) mass is 275 g/mol. The van der Waals surface area contributed by atoms with Crippen molar-refractivity contribution >= 4 is 21.7 Å². The van der Waals surface area contributed by atoms with Crippen LogP contribution in [0.2, 0.25) is 0 Å². The summed E-state index contributed by atoms with van der Waals surface area (Å²) < 4.78 is 1.01. The molecule has 0 amide bonds. The highest BCUT2D eigenvalue weighted by Crippen LogP contribution is 2.18. The van der Waals surface area contributed by atoms with E-state index in [1.807, 2.05) is 25.1 Å². The van der Waals surface area contributed by atoms with Crippen molar-refractivity contribution in [3.8, 4) is 0 Å². The van der Waals surface area contributed by atoms with Crippen molar-refractivity contribution in [1.29, 1.82) is 0 Å². The molecule has 1 aromatic heterocycles. The Hall–Kier alpha value is -1.48. The summed E-state index contributed by atoms with van der Waals surface area (Å²) >= 11 is 3.41. The number of nitrogens with zero attached hydrogens (tertiary/aromatic N) is 1. The minimum atomic E-state index is 0.00343. The molecule has 2 rings (SSSR count). The zero-order valence-corrected chi connectivity index (χ0v) is 10.4. The maximum absolute atomic E-state index is 12.1. The van der Waals surface area contributed by atoms with Gasteiger partial charge in [-0.05, 0) is 42.8 Å². The van der Waals surface area contributed by atoms with Crippen molar-refractivity contribution < 1.29 is 4.79 Å². The van der Waals surface area contributed by atoms with Crippen molar-refractivity contribution in [2.24, 2.45) is 0 Å². The number of aryl methyl sites for hydroxylation is 1. The van der Waals surface area contributed by atoms with E-state index >= 15 is 0 Å². The first-order valence-electron chi connectivity index (χ1n) is 4.89. The third-order valence-electron chi connectivity index (χ3n) is 2.34. The largest absolute Gasteiger partial charge is 0.289 e. The van der Waals surface area contributed by atoms with E-state index in [0.29, 0.717) is 11.1 Å². The summed E-state index contributed by atoms with van der Waals surface area (Å²) in [4.78, 5) is 16.0. The molecule has 0 atom stereocenters. The Balaban J connectivity index is 2.39. The number of aromatic nitrogens is 1. The molecular formula is C13H10BrNO. The third-order valence-corrected chi connectivity index (χ3v) is 3.23. The topological polar surface area (TPSA) is 30.0 Å². The summed E-state index contributed by atoms with van der Waals surface area (Å²) in [5.74, 6) is 0.00343. The van der Waals surface area contributed by atoms with Crippen LogP contribution in [0.3, 0.4) is 0 Å². The van der Waals surface area contributed by atoms with Gasteiger partial charge in [0.2, 0.25) is 0 Å². The molecular weight excluding hydrogens is 266 g/mol. The zero-order valence-electron chi connectivity index (χ0n) is 8.77. The summed E-state index contributed by atoms with van der Waals surface area (Å²) in [7, 11) is 0. The van der Waals surface area contributed by atoms with Gasteiger partial charge in [0.15, 0.2) is 5.78 Å². The second kappa shape index (κ2) is 4.58. The lowest BCUT2D eigenvalue weighted by molar-refractivity contribution is 0.103. The first-order valence-corrected chi connectivity index (χ1v) is 5.68. The Morgan fingerprint density at radius 1 is 1.25 bits per heavy atom. The van der Waals surface area contributed by atoms with Crippen LogP contribution in [0.15, 0.2) is 47.2 Å². The van der Waals surface area contributed by atoms with Gasteiger partial charge in [0.1, 0.15) is 0 Å². The minimum absolute atomic E-state index is 0.00343. The Labute approximate surface area is 102 Å². The standard InChI is InChI=1S/C13H10BrNO/c1-9-7-10(4-5-12(9)14)13(16)11-3-2-6-15-8-11/h2-8H,1H3. The van der Waals surface area contributed by atoms with Gasteiger partial charge in [-0.2, -0.15) is 0 Å². The Bertz CT molecular complexity index is 523. The van der Waals surface area contributed by atoms with Crippen LogP contribution in [0.5, 0.6) is 0 Å². The normalized spacial score (nSPS) is 10.1. The number of ketones is 1. The maximum atomic E-state index is 12.1. The molecule has 16 heavy (non-hydrogen) atoms.